The Morgan fingerprint density at radius 1 is 1.78 bits per heavy atom. The van der Waals surface area contributed by atoms with Crippen LogP contribution < -0.4 is 0 Å². The minimum absolute atomic E-state index is 0.0562. The molecule has 0 bridgehead atoms. The van der Waals surface area contributed by atoms with Gasteiger partial charge in [0.05, 0.1) is 6.54 Å². The number of hydrazine groups is 1. The quantitative estimate of drug-likeness (QED) is 0.522. The van der Waals surface area contributed by atoms with Crippen LogP contribution in [0.4, 0.5) is 4.39 Å². The third-order valence-corrected chi connectivity index (χ3v) is 1.43. The molecule has 2 nitrogen and oxygen atoms in total. The van der Waals surface area contributed by atoms with E-state index in [4.69, 9.17) is 0 Å². The van der Waals surface area contributed by atoms with Crippen molar-refractivity contribution in [1.82, 2.24) is 10.0 Å². The van der Waals surface area contributed by atoms with E-state index in [2.05, 4.69) is 0 Å². The lowest BCUT2D eigenvalue weighted by Gasteiger charge is -2.22. The van der Waals surface area contributed by atoms with Crippen LogP contribution in [0.25, 0.3) is 0 Å². The lowest BCUT2D eigenvalue weighted by molar-refractivity contribution is 0.0888. The predicted octanol–water partition coefficient (Wildman–Crippen LogP) is 0.980. The zero-order chi connectivity index (χ0) is 6.85. The lowest BCUT2D eigenvalue weighted by Crippen LogP contribution is -2.30. The summed E-state index contributed by atoms with van der Waals surface area (Å²) in [6.45, 7) is 3.25. The van der Waals surface area contributed by atoms with Crippen LogP contribution in [0.1, 0.15) is 6.92 Å². The molecule has 52 valence electrons. The second kappa shape index (κ2) is 2.35. The van der Waals surface area contributed by atoms with Gasteiger partial charge in [-0.3, -0.25) is 0 Å². The Morgan fingerprint density at radius 3 is 2.67 bits per heavy atom. The van der Waals surface area contributed by atoms with Crippen molar-refractivity contribution >= 4 is 0 Å². The highest BCUT2D eigenvalue weighted by atomic mass is 19.1. The third-order valence-electron chi connectivity index (χ3n) is 1.43. The number of nitrogens with zero attached hydrogens (tertiary/aromatic N) is 2. The maximum atomic E-state index is 12.4. The summed E-state index contributed by atoms with van der Waals surface area (Å²) < 4.78 is 12.4. The van der Waals surface area contributed by atoms with Gasteiger partial charge >= 0.3 is 0 Å². The Bertz CT molecular complexity index is 133. The zero-order valence-corrected chi connectivity index (χ0v) is 5.76. The fraction of sp³-hybridized carbons (Fsp3) is 0.667. The first-order valence-electron chi connectivity index (χ1n) is 3.08. The van der Waals surface area contributed by atoms with Crippen LogP contribution in [0.2, 0.25) is 0 Å². The SMILES string of the molecule is CCN1C=C(F)CN1C. The molecule has 0 unspecified atom stereocenters. The van der Waals surface area contributed by atoms with Gasteiger partial charge in [0, 0.05) is 19.8 Å². The van der Waals surface area contributed by atoms with Crippen molar-refractivity contribution in [2.24, 2.45) is 0 Å². The standard InChI is InChI=1S/C6H11FN2/c1-3-9-5-6(7)4-8(9)2/h5H,3-4H2,1-2H3. The summed E-state index contributed by atoms with van der Waals surface area (Å²) in [5, 5.41) is 3.69. The number of rotatable bonds is 1. The molecule has 0 fully saturated rings. The summed E-state index contributed by atoms with van der Waals surface area (Å²) in [4.78, 5) is 0. The number of hydrogen-bond donors (Lipinski definition) is 0. The summed E-state index contributed by atoms with van der Waals surface area (Å²) >= 11 is 0. The van der Waals surface area contributed by atoms with Crippen molar-refractivity contribution < 1.29 is 4.39 Å². The maximum absolute atomic E-state index is 12.4. The maximum Gasteiger partial charge on any atom is 0.133 e. The van der Waals surface area contributed by atoms with Gasteiger partial charge in [-0.15, -0.1) is 0 Å². The van der Waals surface area contributed by atoms with Crippen molar-refractivity contribution in [3.05, 3.63) is 12.0 Å². The molecule has 3 heteroatoms. The van der Waals surface area contributed by atoms with Crippen molar-refractivity contribution in [3.8, 4) is 0 Å². The van der Waals surface area contributed by atoms with Gasteiger partial charge in [0.25, 0.3) is 0 Å². The highest BCUT2D eigenvalue weighted by Crippen LogP contribution is 2.12. The van der Waals surface area contributed by atoms with E-state index in [0.29, 0.717) is 6.54 Å². The van der Waals surface area contributed by atoms with Crippen molar-refractivity contribution in [1.29, 1.82) is 0 Å². The van der Waals surface area contributed by atoms with Crippen molar-refractivity contribution in [2.45, 2.75) is 6.92 Å². The summed E-state index contributed by atoms with van der Waals surface area (Å²) in [6.07, 6.45) is 1.53. The molecule has 0 atom stereocenters. The fourth-order valence-corrected chi connectivity index (χ4v) is 0.943. The molecule has 1 aliphatic rings. The molecule has 0 aliphatic carbocycles. The minimum atomic E-state index is -0.0562. The first-order valence-corrected chi connectivity index (χ1v) is 3.08. The van der Waals surface area contributed by atoms with Crippen molar-refractivity contribution in [2.75, 3.05) is 20.1 Å². The first kappa shape index (κ1) is 6.55. The Labute approximate surface area is 54.5 Å². The molecule has 0 saturated carbocycles. The Balaban J connectivity index is 2.53. The molecule has 0 amide bonds. The van der Waals surface area contributed by atoms with E-state index in [1.165, 1.54) is 6.20 Å². The van der Waals surface area contributed by atoms with Gasteiger partial charge in [0.2, 0.25) is 0 Å². The van der Waals surface area contributed by atoms with Gasteiger partial charge in [-0.25, -0.2) is 9.40 Å². The number of likely N-dealkylation sites (N-methyl/N-ethyl adjacent to an activating group) is 1. The van der Waals surface area contributed by atoms with Gasteiger partial charge in [-0.05, 0) is 6.92 Å². The monoisotopic (exact) mass is 130 g/mol. The van der Waals surface area contributed by atoms with E-state index in [1.54, 1.807) is 0 Å². The summed E-state index contributed by atoms with van der Waals surface area (Å²) in [7, 11) is 1.87. The zero-order valence-electron chi connectivity index (χ0n) is 5.76. The first-order chi connectivity index (χ1) is 4.24. The van der Waals surface area contributed by atoms with Crippen LogP contribution in [-0.2, 0) is 0 Å². The fourth-order valence-electron chi connectivity index (χ4n) is 0.943. The summed E-state index contributed by atoms with van der Waals surface area (Å²) in [6, 6.07) is 0. The Hall–Kier alpha value is -0.570. The molecule has 0 spiro atoms. The number of hydrogen-bond acceptors (Lipinski definition) is 2. The van der Waals surface area contributed by atoms with E-state index in [-0.39, 0.29) is 5.83 Å². The predicted molar refractivity (Wildman–Crippen MR) is 34.2 cm³/mol. The van der Waals surface area contributed by atoms with Gasteiger partial charge in [-0.1, -0.05) is 0 Å². The molecule has 0 saturated heterocycles. The van der Waals surface area contributed by atoms with Crippen LogP contribution >= 0.6 is 0 Å². The molecular formula is C6H11FN2. The largest absolute Gasteiger partial charge is 0.311 e. The van der Waals surface area contributed by atoms with Gasteiger partial charge in [0.1, 0.15) is 5.83 Å². The van der Waals surface area contributed by atoms with Crippen LogP contribution in [0.15, 0.2) is 12.0 Å². The van der Waals surface area contributed by atoms with Crippen LogP contribution in [0.5, 0.6) is 0 Å². The third kappa shape index (κ3) is 1.21. The van der Waals surface area contributed by atoms with Crippen molar-refractivity contribution in [3.63, 3.8) is 0 Å². The van der Waals surface area contributed by atoms with Crippen LogP contribution in [0, 0.1) is 0 Å². The number of halogens is 1. The summed E-state index contributed by atoms with van der Waals surface area (Å²) in [5.74, 6) is -0.0562. The highest BCUT2D eigenvalue weighted by molar-refractivity contribution is 4.98. The van der Waals surface area contributed by atoms with Crippen LogP contribution in [-0.4, -0.2) is 30.2 Å². The Morgan fingerprint density at radius 2 is 2.44 bits per heavy atom. The topological polar surface area (TPSA) is 6.48 Å². The van der Waals surface area contributed by atoms with Gasteiger partial charge < -0.3 is 5.01 Å². The average molecular weight is 130 g/mol. The molecule has 1 heterocycles. The molecule has 0 aromatic carbocycles. The van der Waals surface area contributed by atoms with E-state index in [1.807, 2.05) is 24.0 Å². The highest BCUT2D eigenvalue weighted by Gasteiger charge is 2.15. The van der Waals surface area contributed by atoms with Gasteiger partial charge in [0.15, 0.2) is 0 Å². The second-order valence-electron chi connectivity index (χ2n) is 2.15. The normalized spacial score (nSPS) is 20.8. The molecule has 0 N–H and O–H groups in total. The average Bonchev–Trinajstić information content (AvgIpc) is 2.10. The Kier molecular flexibility index (Phi) is 1.71. The van der Waals surface area contributed by atoms with E-state index < -0.39 is 0 Å². The molecule has 0 aromatic heterocycles. The molecule has 9 heavy (non-hydrogen) atoms. The van der Waals surface area contributed by atoms with Crippen LogP contribution in [0.3, 0.4) is 0 Å². The molecule has 1 aliphatic heterocycles. The minimum Gasteiger partial charge on any atom is -0.311 e. The lowest BCUT2D eigenvalue weighted by atomic mass is 10.6. The second-order valence-corrected chi connectivity index (χ2v) is 2.15. The van der Waals surface area contributed by atoms with Gasteiger partial charge in [-0.2, -0.15) is 0 Å². The smallest absolute Gasteiger partial charge is 0.133 e. The summed E-state index contributed by atoms with van der Waals surface area (Å²) in [5.41, 5.74) is 0. The van der Waals surface area contributed by atoms with E-state index in [0.717, 1.165) is 6.54 Å². The molecule has 0 radical (unpaired) electrons. The molecular weight excluding hydrogens is 119 g/mol. The van der Waals surface area contributed by atoms with E-state index >= 15 is 0 Å². The molecule has 0 aromatic rings. The van der Waals surface area contributed by atoms with E-state index in [9.17, 15) is 4.39 Å². The molecule has 1 rings (SSSR count).